The molecule has 7 heteroatoms. The van der Waals surface area contributed by atoms with Crippen LogP contribution in [-0.4, -0.2) is 47.7 Å². The van der Waals surface area contributed by atoms with Gasteiger partial charge in [0, 0.05) is 25.7 Å². The average molecular weight is 307 g/mol. The zero-order valence-electron chi connectivity index (χ0n) is 14.2. The minimum atomic E-state index is 0.157. The van der Waals surface area contributed by atoms with E-state index >= 15 is 0 Å². The summed E-state index contributed by atoms with van der Waals surface area (Å²) in [6.07, 6.45) is 3.40. The van der Waals surface area contributed by atoms with Crippen molar-refractivity contribution >= 4 is 17.8 Å². The van der Waals surface area contributed by atoms with E-state index < -0.39 is 0 Å². The largest absolute Gasteiger partial charge is 0.368 e. The molecule has 7 nitrogen and oxygen atoms in total. The summed E-state index contributed by atoms with van der Waals surface area (Å²) in [6, 6.07) is 0.572. The Morgan fingerprint density at radius 2 is 1.95 bits per heavy atom. The standard InChI is InChI=1S/C15H29N7/c1-15(2,3)10-18-13-19-12(16)20-14(21-13)22-8-5-6-11(17-4)7-9-22/h11,17H,5-10H2,1-4H3,(H3,16,18,19,20,21). The minimum Gasteiger partial charge on any atom is -0.368 e. The average Bonchev–Trinajstić information content (AvgIpc) is 2.69. The first kappa shape index (κ1) is 16.7. The van der Waals surface area contributed by atoms with Crippen LogP contribution in [0.3, 0.4) is 0 Å². The van der Waals surface area contributed by atoms with E-state index in [9.17, 15) is 0 Å². The number of anilines is 3. The normalized spacial score (nSPS) is 19.8. The summed E-state index contributed by atoms with van der Waals surface area (Å²) in [4.78, 5) is 15.3. The molecule has 0 bridgehead atoms. The Kier molecular flexibility index (Phi) is 5.39. The molecule has 0 amide bonds. The van der Waals surface area contributed by atoms with Gasteiger partial charge in [-0.2, -0.15) is 15.0 Å². The second-order valence-electron chi connectivity index (χ2n) is 7.13. The molecule has 1 aromatic rings. The monoisotopic (exact) mass is 307 g/mol. The zero-order chi connectivity index (χ0) is 16.2. The summed E-state index contributed by atoms with van der Waals surface area (Å²) in [5, 5.41) is 6.62. The van der Waals surface area contributed by atoms with Crippen LogP contribution in [0.2, 0.25) is 0 Å². The van der Waals surface area contributed by atoms with Gasteiger partial charge in [-0.15, -0.1) is 0 Å². The van der Waals surface area contributed by atoms with Gasteiger partial charge in [0.15, 0.2) is 0 Å². The number of rotatable bonds is 4. The molecule has 0 radical (unpaired) electrons. The van der Waals surface area contributed by atoms with Crippen molar-refractivity contribution in [2.45, 2.75) is 46.1 Å². The third kappa shape index (κ3) is 4.98. The van der Waals surface area contributed by atoms with Crippen LogP contribution in [-0.2, 0) is 0 Å². The van der Waals surface area contributed by atoms with Crippen LogP contribution in [0.5, 0.6) is 0 Å². The van der Waals surface area contributed by atoms with Gasteiger partial charge < -0.3 is 21.3 Å². The van der Waals surface area contributed by atoms with Crippen molar-refractivity contribution in [3.05, 3.63) is 0 Å². The van der Waals surface area contributed by atoms with Crippen molar-refractivity contribution in [2.24, 2.45) is 5.41 Å². The van der Waals surface area contributed by atoms with Gasteiger partial charge in [0.25, 0.3) is 0 Å². The van der Waals surface area contributed by atoms with Gasteiger partial charge in [0.2, 0.25) is 17.8 Å². The topological polar surface area (TPSA) is 92.0 Å². The maximum Gasteiger partial charge on any atom is 0.231 e. The van der Waals surface area contributed by atoms with Crippen LogP contribution >= 0.6 is 0 Å². The predicted molar refractivity (Wildman–Crippen MR) is 91.1 cm³/mol. The van der Waals surface area contributed by atoms with Crippen molar-refractivity contribution in [2.75, 3.05) is 42.6 Å². The Hall–Kier alpha value is -1.63. The highest BCUT2D eigenvalue weighted by Gasteiger charge is 2.19. The number of nitrogen functional groups attached to an aromatic ring is 1. The van der Waals surface area contributed by atoms with Crippen molar-refractivity contribution in [1.82, 2.24) is 20.3 Å². The Labute approximate surface area is 133 Å². The van der Waals surface area contributed by atoms with E-state index in [2.05, 4.69) is 51.3 Å². The quantitative estimate of drug-likeness (QED) is 0.776. The summed E-state index contributed by atoms with van der Waals surface area (Å²) in [5.41, 5.74) is 6.01. The summed E-state index contributed by atoms with van der Waals surface area (Å²) in [6.45, 7) is 9.18. The van der Waals surface area contributed by atoms with Crippen molar-refractivity contribution in [3.8, 4) is 0 Å². The summed E-state index contributed by atoms with van der Waals surface area (Å²) in [7, 11) is 2.02. The molecule has 0 aliphatic carbocycles. The summed E-state index contributed by atoms with van der Waals surface area (Å²) < 4.78 is 0. The molecule has 1 unspecified atom stereocenters. The van der Waals surface area contributed by atoms with Crippen LogP contribution in [0, 0.1) is 5.41 Å². The lowest BCUT2D eigenvalue weighted by Gasteiger charge is -2.22. The molecule has 0 spiro atoms. The number of nitrogens with two attached hydrogens (primary N) is 1. The lowest BCUT2D eigenvalue weighted by molar-refractivity contribution is 0.441. The Bertz CT molecular complexity index is 483. The number of hydrogen-bond acceptors (Lipinski definition) is 7. The second kappa shape index (κ2) is 7.09. The minimum absolute atomic E-state index is 0.157. The molecular formula is C15H29N7. The van der Waals surface area contributed by atoms with Crippen molar-refractivity contribution in [3.63, 3.8) is 0 Å². The molecule has 0 saturated carbocycles. The molecule has 1 aromatic heterocycles. The molecule has 1 aliphatic rings. The zero-order valence-corrected chi connectivity index (χ0v) is 14.2. The first-order valence-electron chi connectivity index (χ1n) is 8.05. The van der Waals surface area contributed by atoms with E-state index in [0.717, 1.165) is 32.5 Å². The third-order valence-corrected chi connectivity index (χ3v) is 3.84. The molecule has 2 rings (SSSR count). The van der Waals surface area contributed by atoms with Gasteiger partial charge >= 0.3 is 0 Å². The van der Waals surface area contributed by atoms with Gasteiger partial charge in [-0.1, -0.05) is 20.8 Å². The van der Waals surface area contributed by atoms with Gasteiger partial charge in [-0.3, -0.25) is 0 Å². The van der Waals surface area contributed by atoms with E-state index in [1.807, 2.05) is 7.05 Å². The highest BCUT2D eigenvalue weighted by Crippen LogP contribution is 2.19. The Morgan fingerprint density at radius 3 is 2.64 bits per heavy atom. The number of hydrogen-bond donors (Lipinski definition) is 3. The molecular weight excluding hydrogens is 278 g/mol. The van der Waals surface area contributed by atoms with Crippen LogP contribution in [0.4, 0.5) is 17.8 Å². The number of nitrogens with zero attached hydrogens (tertiary/aromatic N) is 4. The first-order valence-corrected chi connectivity index (χ1v) is 8.05. The van der Waals surface area contributed by atoms with Crippen LogP contribution in [0.15, 0.2) is 0 Å². The molecule has 1 aliphatic heterocycles. The van der Waals surface area contributed by atoms with Gasteiger partial charge in [0.05, 0.1) is 0 Å². The van der Waals surface area contributed by atoms with E-state index in [0.29, 0.717) is 17.9 Å². The van der Waals surface area contributed by atoms with E-state index in [1.165, 1.54) is 6.42 Å². The lowest BCUT2D eigenvalue weighted by Crippen LogP contribution is -2.30. The molecule has 1 atom stereocenters. The predicted octanol–water partition coefficient (Wildman–Crippen LogP) is 1.49. The Morgan fingerprint density at radius 1 is 1.18 bits per heavy atom. The fourth-order valence-electron chi connectivity index (χ4n) is 2.53. The molecule has 22 heavy (non-hydrogen) atoms. The molecule has 1 fully saturated rings. The fraction of sp³-hybridized carbons (Fsp3) is 0.800. The van der Waals surface area contributed by atoms with Crippen molar-refractivity contribution < 1.29 is 0 Å². The molecule has 1 saturated heterocycles. The van der Waals surface area contributed by atoms with Crippen LogP contribution < -0.4 is 21.3 Å². The third-order valence-electron chi connectivity index (χ3n) is 3.84. The SMILES string of the molecule is CNC1CCCN(c2nc(N)nc(NCC(C)(C)C)n2)CC1. The highest BCUT2D eigenvalue weighted by atomic mass is 15.3. The van der Waals surface area contributed by atoms with E-state index in [1.54, 1.807) is 0 Å². The van der Waals surface area contributed by atoms with E-state index in [4.69, 9.17) is 5.73 Å². The van der Waals surface area contributed by atoms with Crippen LogP contribution in [0.1, 0.15) is 40.0 Å². The number of nitrogens with one attached hydrogen (secondary N) is 2. The molecule has 4 N–H and O–H groups in total. The molecule has 0 aromatic carbocycles. The van der Waals surface area contributed by atoms with Gasteiger partial charge in [-0.25, -0.2) is 0 Å². The number of aromatic nitrogens is 3. The molecule has 124 valence electrons. The smallest absolute Gasteiger partial charge is 0.231 e. The highest BCUT2D eigenvalue weighted by molar-refractivity contribution is 5.42. The van der Waals surface area contributed by atoms with E-state index in [-0.39, 0.29) is 11.4 Å². The maximum atomic E-state index is 5.86. The Balaban J connectivity index is 2.08. The van der Waals surface area contributed by atoms with Gasteiger partial charge in [0.1, 0.15) is 0 Å². The second-order valence-corrected chi connectivity index (χ2v) is 7.13. The summed E-state index contributed by atoms with van der Waals surface area (Å²) in [5.74, 6) is 1.52. The lowest BCUT2D eigenvalue weighted by atomic mass is 9.97. The van der Waals surface area contributed by atoms with Crippen molar-refractivity contribution in [1.29, 1.82) is 0 Å². The van der Waals surface area contributed by atoms with Gasteiger partial charge in [-0.05, 0) is 31.7 Å². The fourth-order valence-corrected chi connectivity index (χ4v) is 2.53. The summed E-state index contributed by atoms with van der Waals surface area (Å²) >= 11 is 0. The maximum absolute atomic E-state index is 5.86. The van der Waals surface area contributed by atoms with Crippen LogP contribution in [0.25, 0.3) is 0 Å². The first-order chi connectivity index (χ1) is 10.4. The molecule has 2 heterocycles.